The second-order valence-corrected chi connectivity index (χ2v) is 2.94. The minimum Gasteiger partial charge on any atom is -0.494 e. The highest BCUT2D eigenvalue weighted by Crippen LogP contribution is 2.28. The summed E-state index contributed by atoms with van der Waals surface area (Å²) in [7, 11) is 1.52. The van der Waals surface area contributed by atoms with Gasteiger partial charge in [0.2, 0.25) is 0 Å². The number of benzene rings is 1. The third-order valence-corrected chi connectivity index (χ3v) is 2.11. The SMILES string of the molecule is COc1c(C(N)=O)[nH]c2ccccc12. The van der Waals surface area contributed by atoms with Crippen LogP contribution in [0.1, 0.15) is 10.5 Å². The Morgan fingerprint density at radius 3 is 2.79 bits per heavy atom. The first kappa shape index (κ1) is 8.62. The van der Waals surface area contributed by atoms with E-state index in [1.54, 1.807) is 0 Å². The number of ether oxygens (including phenoxy) is 1. The monoisotopic (exact) mass is 190 g/mol. The van der Waals surface area contributed by atoms with E-state index in [0.29, 0.717) is 11.4 Å². The number of para-hydroxylation sites is 1. The van der Waals surface area contributed by atoms with Gasteiger partial charge < -0.3 is 15.5 Å². The molecule has 0 radical (unpaired) electrons. The zero-order valence-electron chi connectivity index (χ0n) is 7.70. The minimum atomic E-state index is -0.516. The molecule has 0 aliphatic heterocycles. The van der Waals surface area contributed by atoms with E-state index in [4.69, 9.17) is 10.5 Å². The lowest BCUT2D eigenvalue weighted by atomic mass is 10.2. The molecule has 1 heterocycles. The summed E-state index contributed by atoms with van der Waals surface area (Å²) in [6.07, 6.45) is 0. The summed E-state index contributed by atoms with van der Waals surface area (Å²) in [4.78, 5) is 14.0. The molecule has 1 aromatic heterocycles. The summed E-state index contributed by atoms with van der Waals surface area (Å²) >= 11 is 0. The highest BCUT2D eigenvalue weighted by molar-refractivity contribution is 6.02. The fourth-order valence-electron chi connectivity index (χ4n) is 1.50. The average molecular weight is 190 g/mol. The van der Waals surface area contributed by atoms with E-state index in [9.17, 15) is 4.79 Å². The van der Waals surface area contributed by atoms with Gasteiger partial charge in [-0.05, 0) is 12.1 Å². The molecule has 0 atom stereocenters. The summed E-state index contributed by atoms with van der Waals surface area (Å²) in [6.45, 7) is 0. The van der Waals surface area contributed by atoms with Crippen LogP contribution in [0.5, 0.6) is 5.75 Å². The minimum absolute atomic E-state index is 0.314. The molecule has 72 valence electrons. The number of hydrogen-bond acceptors (Lipinski definition) is 2. The second kappa shape index (κ2) is 3.06. The number of aromatic amines is 1. The summed E-state index contributed by atoms with van der Waals surface area (Å²) in [5, 5.41) is 0.865. The Balaban J connectivity index is 2.78. The van der Waals surface area contributed by atoms with Gasteiger partial charge in [0.05, 0.1) is 7.11 Å². The smallest absolute Gasteiger partial charge is 0.269 e. The summed E-state index contributed by atoms with van der Waals surface area (Å²) < 4.78 is 5.13. The van der Waals surface area contributed by atoms with E-state index in [-0.39, 0.29) is 0 Å². The van der Waals surface area contributed by atoms with Crippen molar-refractivity contribution < 1.29 is 9.53 Å². The Morgan fingerprint density at radius 2 is 2.14 bits per heavy atom. The van der Waals surface area contributed by atoms with Gasteiger partial charge in [-0.25, -0.2) is 0 Å². The van der Waals surface area contributed by atoms with Gasteiger partial charge >= 0.3 is 0 Å². The van der Waals surface area contributed by atoms with Crippen LogP contribution in [0.15, 0.2) is 24.3 Å². The molecule has 0 fully saturated rings. The van der Waals surface area contributed by atoms with Crippen molar-refractivity contribution in [3.05, 3.63) is 30.0 Å². The summed E-state index contributed by atoms with van der Waals surface area (Å²) in [5.74, 6) is -0.00819. The molecule has 2 aromatic rings. The largest absolute Gasteiger partial charge is 0.494 e. The average Bonchev–Trinajstić information content (AvgIpc) is 2.56. The van der Waals surface area contributed by atoms with Gasteiger partial charge in [-0.1, -0.05) is 12.1 Å². The molecule has 2 rings (SSSR count). The van der Waals surface area contributed by atoms with Gasteiger partial charge in [0.25, 0.3) is 5.91 Å². The first-order chi connectivity index (χ1) is 6.74. The lowest BCUT2D eigenvalue weighted by Crippen LogP contribution is -2.12. The van der Waals surface area contributed by atoms with Crippen LogP contribution in [0, 0.1) is 0 Å². The number of methoxy groups -OCH3 is 1. The molecule has 1 aromatic carbocycles. The van der Waals surface area contributed by atoms with Gasteiger partial charge in [0.1, 0.15) is 5.69 Å². The van der Waals surface area contributed by atoms with Crippen LogP contribution >= 0.6 is 0 Å². The number of hydrogen-bond donors (Lipinski definition) is 2. The van der Waals surface area contributed by atoms with Crippen LogP contribution in [-0.4, -0.2) is 18.0 Å². The molecule has 0 saturated carbocycles. The van der Waals surface area contributed by atoms with E-state index in [2.05, 4.69) is 4.98 Å². The maximum atomic E-state index is 11.1. The zero-order valence-corrected chi connectivity index (χ0v) is 7.70. The summed E-state index contributed by atoms with van der Waals surface area (Å²) in [5.41, 5.74) is 6.36. The fourth-order valence-corrected chi connectivity index (χ4v) is 1.50. The number of aromatic nitrogens is 1. The van der Waals surface area contributed by atoms with Crippen molar-refractivity contribution in [3.63, 3.8) is 0 Å². The number of primary amides is 1. The number of carbonyl (C=O) groups is 1. The van der Waals surface area contributed by atoms with Crippen LogP contribution < -0.4 is 10.5 Å². The molecule has 0 aliphatic rings. The maximum Gasteiger partial charge on any atom is 0.269 e. The Kier molecular flexibility index (Phi) is 1.89. The van der Waals surface area contributed by atoms with Gasteiger partial charge in [-0.2, -0.15) is 0 Å². The highest BCUT2D eigenvalue weighted by atomic mass is 16.5. The standard InChI is InChI=1S/C10H10N2O2/c1-14-9-6-4-2-3-5-7(6)12-8(9)10(11)13/h2-5,12H,1H3,(H2,11,13). The molecule has 0 unspecified atom stereocenters. The molecule has 3 N–H and O–H groups in total. The van der Waals surface area contributed by atoms with Gasteiger partial charge in [0.15, 0.2) is 5.75 Å². The van der Waals surface area contributed by atoms with Crippen LogP contribution in [0.3, 0.4) is 0 Å². The van der Waals surface area contributed by atoms with Crippen LogP contribution in [-0.2, 0) is 0 Å². The number of nitrogens with one attached hydrogen (secondary N) is 1. The molecule has 0 spiro atoms. The third kappa shape index (κ3) is 1.12. The number of fused-ring (bicyclic) bond motifs is 1. The molecule has 14 heavy (non-hydrogen) atoms. The predicted molar refractivity (Wildman–Crippen MR) is 53.4 cm³/mol. The first-order valence-corrected chi connectivity index (χ1v) is 4.18. The highest BCUT2D eigenvalue weighted by Gasteiger charge is 2.15. The molecule has 0 saturated heterocycles. The Hall–Kier alpha value is -1.97. The van der Waals surface area contributed by atoms with Crippen molar-refractivity contribution in [3.8, 4) is 5.75 Å². The summed E-state index contributed by atoms with van der Waals surface area (Å²) in [6, 6.07) is 7.49. The Bertz CT molecular complexity index is 488. The maximum absolute atomic E-state index is 11.1. The topological polar surface area (TPSA) is 68.1 Å². The number of H-pyrrole nitrogens is 1. The fraction of sp³-hybridized carbons (Fsp3) is 0.100. The lowest BCUT2D eigenvalue weighted by molar-refractivity contribution is 0.0993. The van der Waals surface area contributed by atoms with Crippen LogP contribution in [0.2, 0.25) is 0 Å². The molecule has 1 amide bonds. The Morgan fingerprint density at radius 1 is 1.43 bits per heavy atom. The van der Waals surface area contributed by atoms with Crippen LogP contribution in [0.4, 0.5) is 0 Å². The molecule has 4 nitrogen and oxygen atoms in total. The van der Waals surface area contributed by atoms with Crippen LogP contribution in [0.25, 0.3) is 10.9 Å². The molecule has 0 bridgehead atoms. The van der Waals surface area contributed by atoms with Crippen molar-refractivity contribution in [2.75, 3.05) is 7.11 Å². The van der Waals surface area contributed by atoms with Gasteiger partial charge in [-0.3, -0.25) is 4.79 Å². The van der Waals surface area contributed by atoms with Crippen molar-refractivity contribution in [2.45, 2.75) is 0 Å². The predicted octanol–water partition coefficient (Wildman–Crippen LogP) is 1.28. The van der Waals surface area contributed by atoms with Gasteiger partial charge in [-0.15, -0.1) is 0 Å². The normalized spacial score (nSPS) is 10.4. The number of nitrogens with two attached hydrogens (primary N) is 1. The number of amides is 1. The van der Waals surface area contributed by atoms with Crippen molar-refractivity contribution in [1.29, 1.82) is 0 Å². The second-order valence-electron chi connectivity index (χ2n) is 2.94. The zero-order chi connectivity index (χ0) is 10.1. The van der Waals surface area contributed by atoms with E-state index in [1.807, 2.05) is 24.3 Å². The van der Waals surface area contributed by atoms with Crippen molar-refractivity contribution in [2.24, 2.45) is 5.73 Å². The lowest BCUT2D eigenvalue weighted by Gasteiger charge is -1.98. The van der Waals surface area contributed by atoms with Crippen molar-refractivity contribution in [1.82, 2.24) is 4.98 Å². The van der Waals surface area contributed by atoms with E-state index >= 15 is 0 Å². The van der Waals surface area contributed by atoms with E-state index in [0.717, 1.165) is 10.9 Å². The van der Waals surface area contributed by atoms with Gasteiger partial charge in [0, 0.05) is 10.9 Å². The molecular formula is C10H10N2O2. The molecular weight excluding hydrogens is 180 g/mol. The number of carbonyl (C=O) groups excluding carboxylic acids is 1. The quantitative estimate of drug-likeness (QED) is 0.748. The van der Waals surface area contributed by atoms with Crippen molar-refractivity contribution >= 4 is 16.8 Å². The van der Waals surface area contributed by atoms with E-state index < -0.39 is 5.91 Å². The number of rotatable bonds is 2. The Labute approximate surface area is 80.7 Å². The first-order valence-electron chi connectivity index (χ1n) is 4.18. The molecule has 0 aliphatic carbocycles. The van der Waals surface area contributed by atoms with E-state index in [1.165, 1.54) is 7.11 Å². The molecule has 4 heteroatoms. The third-order valence-electron chi connectivity index (χ3n) is 2.11.